The van der Waals surface area contributed by atoms with E-state index in [4.69, 9.17) is 0 Å². The van der Waals surface area contributed by atoms with E-state index in [-0.39, 0.29) is 61.9 Å². The third-order valence-corrected chi connectivity index (χ3v) is 11.0. The molecule has 1 atom stereocenters. The summed E-state index contributed by atoms with van der Waals surface area (Å²) in [4.78, 5) is 25.5. The van der Waals surface area contributed by atoms with Crippen molar-refractivity contribution in [2.24, 2.45) is 11.8 Å². The minimum Gasteiger partial charge on any atom is -0.481 e. The van der Waals surface area contributed by atoms with Crippen molar-refractivity contribution in [3.8, 4) is 0 Å². The summed E-state index contributed by atoms with van der Waals surface area (Å²) >= 11 is 0. The highest BCUT2D eigenvalue weighted by Gasteiger charge is 2.73. The maximum Gasteiger partial charge on any atom is 0.435 e. The minimum absolute atomic E-state index is 0.0507. The largest absolute Gasteiger partial charge is 0.481 e. The van der Waals surface area contributed by atoms with E-state index in [1.807, 2.05) is 0 Å². The maximum absolute atomic E-state index is 14.7. The molecule has 43 heavy (non-hydrogen) atoms. The number of benzene rings is 2. The first-order valence-electron chi connectivity index (χ1n) is 13.2. The summed E-state index contributed by atoms with van der Waals surface area (Å²) in [6.45, 7) is 0.599. The van der Waals surface area contributed by atoms with Gasteiger partial charge >= 0.3 is 24.0 Å². The topological polar surface area (TPSA) is 91.8 Å². The second-order valence-electron chi connectivity index (χ2n) is 11.0. The van der Waals surface area contributed by atoms with Crippen molar-refractivity contribution in [1.82, 2.24) is 4.90 Å². The van der Waals surface area contributed by atoms with Crippen LogP contribution in [0.3, 0.4) is 0 Å². The number of carboxylic acid groups (broad SMARTS) is 1. The van der Waals surface area contributed by atoms with E-state index in [0.717, 1.165) is 18.2 Å². The fourth-order valence-electron chi connectivity index (χ4n) is 5.93. The lowest BCUT2D eigenvalue weighted by Gasteiger charge is -2.33. The Hall–Kier alpha value is -3.23. The van der Waals surface area contributed by atoms with Crippen molar-refractivity contribution in [2.45, 2.75) is 66.7 Å². The van der Waals surface area contributed by atoms with Gasteiger partial charge in [0.05, 0.1) is 10.8 Å². The van der Waals surface area contributed by atoms with Crippen molar-refractivity contribution < 1.29 is 58.2 Å². The molecule has 0 bridgehead atoms. The molecule has 1 heterocycles. The van der Waals surface area contributed by atoms with Gasteiger partial charge in [0.25, 0.3) is 0 Å². The number of aryl methyl sites for hydroxylation is 1. The highest BCUT2D eigenvalue weighted by Crippen LogP contribution is 2.54. The number of hydrogen-bond donors (Lipinski definition) is 1. The molecular formula is C28H27F8NO5S. The van der Waals surface area contributed by atoms with Gasteiger partial charge in [-0.3, -0.25) is 9.59 Å². The SMILES string of the molecule is Cc1cc(S(=O)(=O)[C@@]2(c3ccc(C(F)(C(F)(F)F)C(F)(F)F)cc3)CCN(C(=O)C3CCC(C(=O)O)CC3)C2)ccc1F. The smallest absolute Gasteiger partial charge is 0.435 e. The zero-order chi connectivity index (χ0) is 32.2. The third-order valence-electron chi connectivity index (χ3n) is 8.51. The van der Waals surface area contributed by atoms with Gasteiger partial charge in [-0.25, -0.2) is 17.2 Å². The number of carboxylic acids is 1. The Kier molecular flexibility index (Phi) is 8.39. The molecule has 1 saturated heterocycles. The molecule has 1 saturated carbocycles. The molecule has 6 nitrogen and oxygen atoms in total. The lowest BCUT2D eigenvalue weighted by molar-refractivity contribution is -0.348. The van der Waals surface area contributed by atoms with E-state index in [9.17, 15) is 58.2 Å². The molecule has 0 unspecified atom stereocenters. The maximum atomic E-state index is 14.7. The Morgan fingerprint density at radius 3 is 1.91 bits per heavy atom. The summed E-state index contributed by atoms with van der Waals surface area (Å²) in [7, 11) is -4.59. The van der Waals surface area contributed by atoms with Crippen LogP contribution in [0.4, 0.5) is 35.1 Å². The average Bonchev–Trinajstić information content (AvgIpc) is 3.40. The van der Waals surface area contributed by atoms with Crippen molar-refractivity contribution in [1.29, 1.82) is 0 Å². The number of nitrogens with zero attached hydrogens (tertiary/aromatic N) is 1. The Balaban J connectivity index is 1.77. The summed E-state index contributed by atoms with van der Waals surface area (Å²) in [5, 5.41) is 9.23. The number of hydrogen-bond acceptors (Lipinski definition) is 4. The molecule has 2 aromatic carbocycles. The monoisotopic (exact) mass is 641 g/mol. The summed E-state index contributed by atoms with van der Waals surface area (Å²) in [6, 6.07) is 4.66. The number of halogens is 8. The lowest BCUT2D eigenvalue weighted by Crippen LogP contribution is -2.50. The van der Waals surface area contributed by atoms with E-state index in [2.05, 4.69) is 0 Å². The molecule has 15 heteroatoms. The molecule has 2 aliphatic rings. The van der Waals surface area contributed by atoms with Gasteiger partial charge in [0.15, 0.2) is 9.84 Å². The zero-order valence-electron chi connectivity index (χ0n) is 22.6. The van der Waals surface area contributed by atoms with Gasteiger partial charge in [-0.05, 0) is 68.4 Å². The highest BCUT2D eigenvalue weighted by molar-refractivity contribution is 7.92. The number of carbonyl (C=O) groups excluding carboxylic acids is 1. The molecular weight excluding hydrogens is 614 g/mol. The Bertz CT molecular complexity index is 1480. The molecule has 1 N–H and O–H groups in total. The van der Waals surface area contributed by atoms with E-state index in [1.165, 1.54) is 11.8 Å². The predicted octanol–water partition coefficient (Wildman–Crippen LogP) is 6.22. The summed E-state index contributed by atoms with van der Waals surface area (Å²) in [5.41, 5.74) is -7.87. The standard InChI is InChI=1S/C28H27F8NO5S/c1-16-14-21(10-11-22(16)29)43(41,42)25(12-13-37(15-25)23(38)17-2-4-18(5-3-17)24(39)40)19-6-8-20(9-7-19)26(30,27(31,32)33)28(34,35)36/h6-11,14,17-18H,2-5,12-13,15H2,1H3,(H,39,40)/t17?,18?,25-/m0/s1. The minimum atomic E-state index is -6.38. The average molecular weight is 642 g/mol. The fourth-order valence-corrected chi connectivity index (χ4v) is 8.09. The summed E-state index contributed by atoms with van der Waals surface area (Å²) in [6.07, 6.45) is -12.2. The first-order valence-corrected chi connectivity index (χ1v) is 14.7. The third kappa shape index (κ3) is 5.48. The second kappa shape index (κ2) is 11.0. The molecule has 1 aliphatic carbocycles. The van der Waals surface area contributed by atoms with Crippen LogP contribution in [0.5, 0.6) is 0 Å². The van der Waals surface area contributed by atoms with Crippen LogP contribution in [0.2, 0.25) is 0 Å². The first-order chi connectivity index (χ1) is 19.8. The number of alkyl halides is 7. The first kappa shape index (κ1) is 32.7. The van der Waals surface area contributed by atoms with Gasteiger partial charge in [-0.1, -0.05) is 24.3 Å². The quantitative estimate of drug-likeness (QED) is 0.299. The van der Waals surface area contributed by atoms with Crippen LogP contribution >= 0.6 is 0 Å². The van der Waals surface area contributed by atoms with Gasteiger partial charge in [-0.15, -0.1) is 0 Å². The Morgan fingerprint density at radius 2 is 1.42 bits per heavy atom. The molecule has 1 aliphatic heterocycles. The molecule has 2 fully saturated rings. The number of amides is 1. The van der Waals surface area contributed by atoms with Gasteiger partial charge in [-0.2, -0.15) is 26.3 Å². The van der Waals surface area contributed by atoms with Crippen molar-refractivity contribution >= 4 is 21.7 Å². The van der Waals surface area contributed by atoms with Crippen LogP contribution in [0.15, 0.2) is 47.4 Å². The number of aliphatic carboxylic acids is 1. The van der Waals surface area contributed by atoms with Gasteiger partial charge < -0.3 is 10.0 Å². The van der Waals surface area contributed by atoms with Crippen LogP contribution in [0.1, 0.15) is 48.8 Å². The van der Waals surface area contributed by atoms with E-state index in [1.54, 1.807) is 0 Å². The number of sulfone groups is 1. The fraction of sp³-hybridized carbons (Fsp3) is 0.500. The van der Waals surface area contributed by atoms with Crippen LogP contribution in [-0.2, 0) is 29.8 Å². The van der Waals surface area contributed by atoms with E-state index >= 15 is 0 Å². The van der Waals surface area contributed by atoms with Crippen molar-refractivity contribution in [2.75, 3.05) is 13.1 Å². The predicted molar refractivity (Wildman–Crippen MR) is 136 cm³/mol. The molecule has 0 spiro atoms. The number of rotatable bonds is 6. The lowest BCUT2D eigenvalue weighted by atomic mass is 9.81. The molecule has 0 aromatic heterocycles. The van der Waals surface area contributed by atoms with Crippen LogP contribution in [-0.4, -0.2) is 55.7 Å². The molecule has 2 aromatic rings. The van der Waals surface area contributed by atoms with Crippen molar-refractivity contribution in [3.05, 3.63) is 65.0 Å². The zero-order valence-corrected chi connectivity index (χ0v) is 23.4. The number of likely N-dealkylation sites (tertiary alicyclic amines) is 1. The Morgan fingerprint density at radius 1 is 0.884 bits per heavy atom. The normalized spacial score (nSPS) is 23.8. The molecule has 1 amide bonds. The van der Waals surface area contributed by atoms with E-state index < -0.39 is 79.1 Å². The molecule has 4 rings (SSSR count). The summed E-state index contributed by atoms with van der Waals surface area (Å²) in [5.74, 6) is -3.43. The van der Waals surface area contributed by atoms with Gasteiger partial charge in [0.2, 0.25) is 5.91 Å². The van der Waals surface area contributed by atoms with Crippen LogP contribution < -0.4 is 0 Å². The second-order valence-corrected chi connectivity index (χ2v) is 13.3. The molecule has 0 radical (unpaired) electrons. The van der Waals surface area contributed by atoms with E-state index in [0.29, 0.717) is 12.1 Å². The highest BCUT2D eigenvalue weighted by atomic mass is 32.2. The van der Waals surface area contributed by atoms with Gasteiger partial charge in [0.1, 0.15) is 10.6 Å². The van der Waals surface area contributed by atoms with Gasteiger partial charge in [0, 0.05) is 24.6 Å². The summed E-state index contributed by atoms with van der Waals surface area (Å²) < 4.78 is 135. The Labute approximate surface area is 241 Å². The van der Waals surface area contributed by atoms with Crippen LogP contribution in [0.25, 0.3) is 0 Å². The molecule has 236 valence electrons. The van der Waals surface area contributed by atoms with Crippen LogP contribution in [0, 0.1) is 24.6 Å². The number of carbonyl (C=O) groups is 2. The van der Waals surface area contributed by atoms with Crippen molar-refractivity contribution in [3.63, 3.8) is 0 Å².